The summed E-state index contributed by atoms with van der Waals surface area (Å²) in [5, 5.41) is 0. The van der Waals surface area contributed by atoms with Gasteiger partial charge < -0.3 is 15.4 Å². The number of hydrogen-bond acceptors (Lipinski definition) is 5. The van der Waals surface area contributed by atoms with Gasteiger partial charge in [-0.2, -0.15) is 0 Å². The summed E-state index contributed by atoms with van der Waals surface area (Å²) < 4.78 is 5.23. The van der Waals surface area contributed by atoms with Gasteiger partial charge in [0.1, 0.15) is 5.82 Å². The number of hydrogen-bond donors (Lipinski definition) is 1. The number of ether oxygens (including phenoxy) is 1. The second-order valence-corrected chi connectivity index (χ2v) is 4.66. The molecule has 2 aliphatic rings. The summed E-state index contributed by atoms with van der Waals surface area (Å²) in [5.41, 5.74) is 6.76. The highest BCUT2D eigenvalue weighted by Gasteiger charge is 2.28. The Balaban J connectivity index is 1.58. The summed E-state index contributed by atoms with van der Waals surface area (Å²) in [4.78, 5) is 9.02. The number of rotatable bonds is 2. The minimum absolute atomic E-state index is 0.582. The van der Waals surface area contributed by atoms with Gasteiger partial charge in [0.25, 0.3) is 0 Å². The van der Waals surface area contributed by atoms with Crippen molar-refractivity contribution in [2.24, 2.45) is 0 Å². The highest BCUT2D eigenvalue weighted by Crippen LogP contribution is 2.18. The van der Waals surface area contributed by atoms with Crippen LogP contribution in [0.2, 0.25) is 0 Å². The molecule has 2 N–H and O–H groups in total. The Kier molecular flexibility index (Phi) is 2.86. The lowest BCUT2D eigenvalue weighted by Gasteiger charge is -2.43. The van der Waals surface area contributed by atoms with Gasteiger partial charge in [-0.15, -0.1) is 0 Å². The highest BCUT2D eigenvalue weighted by molar-refractivity contribution is 5.48. The van der Waals surface area contributed by atoms with Crippen LogP contribution in [0.5, 0.6) is 0 Å². The van der Waals surface area contributed by atoms with Crippen LogP contribution in [-0.2, 0) is 4.74 Å². The van der Waals surface area contributed by atoms with Crippen molar-refractivity contribution < 1.29 is 4.74 Å². The lowest BCUT2D eigenvalue weighted by atomic mass is 10.2. The summed E-state index contributed by atoms with van der Waals surface area (Å²) in [6.07, 6.45) is 1.86. The molecule has 2 saturated heterocycles. The molecule has 17 heavy (non-hydrogen) atoms. The Morgan fingerprint density at radius 3 is 2.47 bits per heavy atom. The van der Waals surface area contributed by atoms with Crippen LogP contribution in [0, 0.1) is 0 Å². The molecule has 1 aromatic rings. The average Bonchev–Trinajstić information content (AvgIpc) is 2.29. The molecule has 0 bridgehead atoms. The van der Waals surface area contributed by atoms with E-state index in [9.17, 15) is 0 Å². The van der Waals surface area contributed by atoms with E-state index in [1.807, 2.05) is 18.3 Å². The monoisotopic (exact) mass is 234 g/mol. The average molecular weight is 234 g/mol. The topological polar surface area (TPSA) is 54.6 Å². The van der Waals surface area contributed by atoms with E-state index in [1.165, 1.54) is 5.69 Å². The Morgan fingerprint density at radius 2 is 1.94 bits per heavy atom. The molecule has 2 fully saturated rings. The molecule has 0 spiro atoms. The van der Waals surface area contributed by atoms with Gasteiger partial charge >= 0.3 is 0 Å². The zero-order chi connectivity index (χ0) is 11.7. The first-order valence-corrected chi connectivity index (χ1v) is 6.11. The number of pyridine rings is 1. The molecule has 0 saturated carbocycles. The van der Waals surface area contributed by atoms with Gasteiger partial charge in [-0.05, 0) is 12.1 Å². The number of aromatic nitrogens is 1. The largest absolute Gasteiger partial charge is 0.384 e. The maximum atomic E-state index is 5.59. The van der Waals surface area contributed by atoms with Gasteiger partial charge in [0, 0.05) is 26.2 Å². The van der Waals surface area contributed by atoms with Crippen molar-refractivity contribution in [1.29, 1.82) is 0 Å². The van der Waals surface area contributed by atoms with Gasteiger partial charge in [0.15, 0.2) is 0 Å². The fourth-order valence-electron chi connectivity index (χ4n) is 2.36. The Bertz CT molecular complexity index is 369. The quantitative estimate of drug-likeness (QED) is 0.791. The molecule has 92 valence electrons. The van der Waals surface area contributed by atoms with Crippen LogP contribution >= 0.6 is 0 Å². The SMILES string of the molecule is Nc1ccc(N2CCN(C3COC3)CC2)cn1. The molecule has 5 nitrogen and oxygen atoms in total. The second kappa shape index (κ2) is 4.50. The van der Waals surface area contributed by atoms with Crippen molar-refractivity contribution in [2.75, 3.05) is 50.0 Å². The first-order valence-electron chi connectivity index (χ1n) is 6.11. The number of nitrogen functional groups attached to an aromatic ring is 1. The molecule has 0 amide bonds. The number of piperazine rings is 1. The van der Waals surface area contributed by atoms with Crippen LogP contribution < -0.4 is 10.6 Å². The summed E-state index contributed by atoms with van der Waals surface area (Å²) in [5.74, 6) is 0.582. The minimum Gasteiger partial charge on any atom is -0.384 e. The van der Waals surface area contributed by atoms with Crippen LogP contribution in [0.15, 0.2) is 18.3 Å². The lowest BCUT2D eigenvalue weighted by molar-refractivity contribution is -0.0660. The molecular formula is C12H18N4O. The van der Waals surface area contributed by atoms with E-state index < -0.39 is 0 Å². The van der Waals surface area contributed by atoms with Crippen molar-refractivity contribution in [2.45, 2.75) is 6.04 Å². The van der Waals surface area contributed by atoms with E-state index in [0.717, 1.165) is 39.4 Å². The first-order chi connectivity index (χ1) is 8.33. The molecule has 0 unspecified atom stereocenters. The Morgan fingerprint density at radius 1 is 1.18 bits per heavy atom. The highest BCUT2D eigenvalue weighted by atomic mass is 16.5. The predicted octanol–water partition coefficient (Wildman–Crippen LogP) is 0.185. The summed E-state index contributed by atoms with van der Waals surface area (Å²) in [7, 11) is 0. The summed E-state index contributed by atoms with van der Waals surface area (Å²) in [6.45, 7) is 6.15. The lowest BCUT2D eigenvalue weighted by Crippen LogP contribution is -2.56. The number of nitrogens with zero attached hydrogens (tertiary/aromatic N) is 3. The molecule has 0 radical (unpaired) electrons. The zero-order valence-electron chi connectivity index (χ0n) is 9.88. The maximum Gasteiger partial charge on any atom is 0.123 e. The minimum atomic E-state index is 0.582. The van der Waals surface area contributed by atoms with E-state index in [4.69, 9.17) is 10.5 Å². The van der Waals surface area contributed by atoms with Crippen molar-refractivity contribution in [3.63, 3.8) is 0 Å². The Hall–Kier alpha value is -1.33. The van der Waals surface area contributed by atoms with Gasteiger partial charge in [0.05, 0.1) is 31.1 Å². The number of nitrogens with two attached hydrogens (primary N) is 1. The van der Waals surface area contributed by atoms with E-state index >= 15 is 0 Å². The Labute approximate surface area is 101 Å². The third-order valence-corrected chi connectivity index (χ3v) is 3.59. The van der Waals surface area contributed by atoms with Crippen LogP contribution in [0.4, 0.5) is 11.5 Å². The summed E-state index contributed by atoms with van der Waals surface area (Å²) in [6, 6.07) is 4.56. The zero-order valence-corrected chi connectivity index (χ0v) is 9.88. The van der Waals surface area contributed by atoms with Gasteiger partial charge in [0.2, 0.25) is 0 Å². The standard InChI is InChI=1S/C12H18N4O/c13-12-2-1-10(7-14-12)15-3-5-16(6-4-15)11-8-17-9-11/h1-2,7,11H,3-6,8-9H2,(H2,13,14). The first kappa shape index (κ1) is 10.8. The molecule has 2 aliphatic heterocycles. The normalized spacial score (nSPS) is 22.5. The van der Waals surface area contributed by atoms with Crippen molar-refractivity contribution >= 4 is 11.5 Å². The van der Waals surface area contributed by atoms with Crippen molar-refractivity contribution in [3.8, 4) is 0 Å². The molecule has 1 aromatic heterocycles. The fourth-order valence-corrected chi connectivity index (χ4v) is 2.36. The summed E-state index contributed by atoms with van der Waals surface area (Å²) >= 11 is 0. The van der Waals surface area contributed by atoms with Crippen LogP contribution in [0.1, 0.15) is 0 Å². The molecule has 0 atom stereocenters. The maximum absolute atomic E-state index is 5.59. The third-order valence-electron chi connectivity index (χ3n) is 3.59. The van der Waals surface area contributed by atoms with Gasteiger partial charge in [-0.25, -0.2) is 4.98 Å². The molecule has 3 rings (SSSR count). The van der Waals surface area contributed by atoms with E-state index in [1.54, 1.807) is 0 Å². The van der Waals surface area contributed by atoms with E-state index in [0.29, 0.717) is 11.9 Å². The van der Waals surface area contributed by atoms with Crippen LogP contribution in [0.3, 0.4) is 0 Å². The van der Waals surface area contributed by atoms with Gasteiger partial charge in [-0.3, -0.25) is 4.90 Å². The second-order valence-electron chi connectivity index (χ2n) is 4.66. The predicted molar refractivity (Wildman–Crippen MR) is 67.0 cm³/mol. The van der Waals surface area contributed by atoms with Crippen molar-refractivity contribution in [1.82, 2.24) is 9.88 Å². The smallest absolute Gasteiger partial charge is 0.123 e. The third kappa shape index (κ3) is 2.21. The molecule has 5 heteroatoms. The van der Waals surface area contributed by atoms with E-state index in [2.05, 4.69) is 14.8 Å². The van der Waals surface area contributed by atoms with Gasteiger partial charge in [-0.1, -0.05) is 0 Å². The molecular weight excluding hydrogens is 216 g/mol. The number of anilines is 2. The molecule has 0 aromatic carbocycles. The fraction of sp³-hybridized carbons (Fsp3) is 0.583. The molecule has 3 heterocycles. The van der Waals surface area contributed by atoms with Crippen molar-refractivity contribution in [3.05, 3.63) is 18.3 Å². The van der Waals surface area contributed by atoms with E-state index in [-0.39, 0.29) is 0 Å². The van der Waals surface area contributed by atoms with Crippen LogP contribution in [-0.4, -0.2) is 55.3 Å². The van der Waals surface area contributed by atoms with Crippen LogP contribution in [0.25, 0.3) is 0 Å². The molecule has 0 aliphatic carbocycles.